The molecule has 0 aliphatic rings. The van der Waals surface area contributed by atoms with Crippen molar-refractivity contribution in [2.75, 3.05) is 13.2 Å². The molecule has 1 atom stereocenters. The number of aryl methyl sites for hydroxylation is 2. The van der Waals surface area contributed by atoms with Gasteiger partial charge in [-0.3, -0.25) is 0 Å². The molecule has 0 spiro atoms. The molecular formula is C16H27NO. The van der Waals surface area contributed by atoms with Crippen molar-refractivity contribution in [1.29, 1.82) is 0 Å². The second kappa shape index (κ2) is 7.42. The highest BCUT2D eigenvalue weighted by molar-refractivity contribution is 5.41. The number of rotatable bonds is 7. The molecule has 1 aromatic carbocycles. The average Bonchev–Trinajstić information content (AvgIpc) is 2.35. The van der Waals surface area contributed by atoms with Crippen molar-refractivity contribution in [3.63, 3.8) is 0 Å². The third-order valence-electron chi connectivity index (χ3n) is 3.38. The maximum atomic E-state index is 5.99. The van der Waals surface area contributed by atoms with Crippen LogP contribution < -0.4 is 10.1 Å². The molecule has 0 bridgehead atoms. The molecule has 0 amide bonds. The Labute approximate surface area is 112 Å². The lowest BCUT2D eigenvalue weighted by Gasteiger charge is -2.19. The minimum atomic E-state index is 0.449. The SMILES string of the molecule is CCCNC(CC)COc1cc(C)cc(C)c1C. The van der Waals surface area contributed by atoms with Gasteiger partial charge in [-0.25, -0.2) is 0 Å². The minimum Gasteiger partial charge on any atom is -0.492 e. The quantitative estimate of drug-likeness (QED) is 0.794. The van der Waals surface area contributed by atoms with Crippen LogP contribution in [0.3, 0.4) is 0 Å². The van der Waals surface area contributed by atoms with Crippen molar-refractivity contribution in [2.45, 2.75) is 53.5 Å². The standard InChI is InChI=1S/C16H27NO/c1-6-8-17-15(7-2)11-18-16-10-12(3)9-13(4)14(16)5/h9-10,15,17H,6-8,11H2,1-5H3. The lowest BCUT2D eigenvalue weighted by molar-refractivity contribution is 0.259. The lowest BCUT2D eigenvalue weighted by Crippen LogP contribution is -2.34. The maximum Gasteiger partial charge on any atom is 0.122 e. The second-order valence-corrected chi connectivity index (χ2v) is 5.08. The van der Waals surface area contributed by atoms with E-state index < -0.39 is 0 Å². The van der Waals surface area contributed by atoms with Crippen LogP contribution in [-0.2, 0) is 0 Å². The molecule has 1 rings (SSSR count). The topological polar surface area (TPSA) is 21.3 Å². The van der Waals surface area contributed by atoms with Gasteiger partial charge in [0.15, 0.2) is 0 Å². The summed E-state index contributed by atoms with van der Waals surface area (Å²) in [5.41, 5.74) is 3.83. The molecule has 1 N–H and O–H groups in total. The molecular weight excluding hydrogens is 222 g/mol. The van der Waals surface area contributed by atoms with Gasteiger partial charge >= 0.3 is 0 Å². The molecule has 2 heteroatoms. The van der Waals surface area contributed by atoms with E-state index >= 15 is 0 Å². The molecule has 2 nitrogen and oxygen atoms in total. The Kier molecular flexibility index (Phi) is 6.20. The van der Waals surface area contributed by atoms with E-state index in [4.69, 9.17) is 4.74 Å². The molecule has 0 saturated carbocycles. The van der Waals surface area contributed by atoms with Crippen molar-refractivity contribution in [2.24, 2.45) is 0 Å². The van der Waals surface area contributed by atoms with Crippen LogP contribution in [-0.4, -0.2) is 19.2 Å². The number of hydrogen-bond donors (Lipinski definition) is 1. The summed E-state index contributed by atoms with van der Waals surface area (Å²) in [6.45, 7) is 12.6. The van der Waals surface area contributed by atoms with Gasteiger partial charge in [0.25, 0.3) is 0 Å². The monoisotopic (exact) mass is 249 g/mol. The highest BCUT2D eigenvalue weighted by Gasteiger charge is 2.08. The van der Waals surface area contributed by atoms with Crippen molar-refractivity contribution < 1.29 is 4.74 Å². The zero-order valence-corrected chi connectivity index (χ0v) is 12.5. The van der Waals surface area contributed by atoms with Gasteiger partial charge in [0.05, 0.1) is 0 Å². The van der Waals surface area contributed by atoms with Crippen molar-refractivity contribution in [1.82, 2.24) is 5.32 Å². The van der Waals surface area contributed by atoms with Gasteiger partial charge in [-0.2, -0.15) is 0 Å². The number of hydrogen-bond acceptors (Lipinski definition) is 2. The molecule has 1 aromatic rings. The summed E-state index contributed by atoms with van der Waals surface area (Å²) >= 11 is 0. The highest BCUT2D eigenvalue weighted by Crippen LogP contribution is 2.23. The fraction of sp³-hybridized carbons (Fsp3) is 0.625. The molecule has 102 valence electrons. The fourth-order valence-corrected chi connectivity index (χ4v) is 2.01. The van der Waals surface area contributed by atoms with Crippen LogP contribution in [0.5, 0.6) is 5.75 Å². The van der Waals surface area contributed by atoms with Crippen LogP contribution >= 0.6 is 0 Å². The van der Waals surface area contributed by atoms with E-state index in [1.165, 1.54) is 23.1 Å². The van der Waals surface area contributed by atoms with Crippen molar-refractivity contribution in [3.05, 3.63) is 28.8 Å². The fourth-order valence-electron chi connectivity index (χ4n) is 2.01. The summed E-state index contributed by atoms with van der Waals surface area (Å²) in [6.07, 6.45) is 2.27. The normalized spacial score (nSPS) is 12.5. The van der Waals surface area contributed by atoms with E-state index in [0.717, 1.165) is 25.3 Å². The third kappa shape index (κ3) is 4.34. The van der Waals surface area contributed by atoms with Crippen molar-refractivity contribution in [3.8, 4) is 5.75 Å². The first-order chi connectivity index (χ1) is 8.58. The van der Waals surface area contributed by atoms with Crippen LogP contribution in [0, 0.1) is 20.8 Å². The molecule has 18 heavy (non-hydrogen) atoms. The average molecular weight is 249 g/mol. The van der Waals surface area contributed by atoms with Crippen LogP contribution in [0.2, 0.25) is 0 Å². The first-order valence-corrected chi connectivity index (χ1v) is 7.02. The molecule has 1 unspecified atom stereocenters. The van der Waals surface area contributed by atoms with E-state index in [0.29, 0.717) is 6.04 Å². The van der Waals surface area contributed by atoms with Crippen LogP contribution in [0.25, 0.3) is 0 Å². The molecule has 0 aliphatic heterocycles. The third-order valence-corrected chi connectivity index (χ3v) is 3.38. The van der Waals surface area contributed by atoms with Crippen LogP contribution in [0.15, 0.2) is 12.1 Å². The largest absolute Gasteiger partial charge is 0.492 e. The molecule has 0 aromatic heterocycles. The second-order valence-electron chi connectivity index (χ2n) is 5.08. The Morgan fingerprint density at radius 1 is 1.17 bits per heavy atom. The lowest BCUT2D eigenvalue weighted by atomic mass is 10.1. The van der Waals surface area contributed by atoms with E-state index in [1.54, 1.807) is 0 Å². The predicted molar refractivity (Wildman–Crippen MR) is 78.5 cm³/mol. The van der Waals surface area contributed by atoms with Crippen LogP contribution in [0.1, 0.15) is 43.4 Å². The van der Waals surface area contributed by atoms with Gasteiger partial charge in [0, 0.05) is 6.04 Å². The molecule has 0 radical (unpaired) electrons. The summed E-state index contributed by atoms with van der Waals surface area (Å²) in [5.74, 6) is 1.03. The molecule has 0 fully saturated rings. The van der Waals surface area contributed by atoms with Crippen LogP contribution in [0.4, 0.5) is 0 Å². The first-order valence-electron chi connectivity index (χ1n) is 7.02. The smallest absolute Gasteiger partial charge is 0.122 e. The van der Waals surface area contributed by atoms with E-state index in [-0.39, 0.29) is 0 Å². The minimum absolute atomic E-state index is 0.449. The summed E-state index contributed by atoms with van der Waals surface area (Å²) in [5, 5.41) is 3.51. The number of nitrogens with one attached hydrogen (secondary N) is 1. The van der Waals surface area contributed by atoms with E-state index in [2.05, 4.69) is 52.1 Å². The first kappa shape index (κ1) is 15.0. The number of benzene rings is 1. The Bertz CT molecular complexity index is 374. The zero-order chi connectivity index (χ0) is 13.5. The zero-order valence-electron chi connectivity index (χ0n) is 12.5. The Hall–Kier alpha value is -1.02. The van der Waals surface area contributed by atoms with Gasteiger partial charge in [-0.05, 0) is 62.9 Å². The van der Waals surface area contributed by atoms with Gasteiger partial charge in [0.2, 0.25) is 0 Å². The van der Waals surface area contributed by atoms with E-state index in [1.807, 2.05) is 0 Å². The summed E-state index contributed by atoms with van der Waals surface area (Å²) in [7, 11) is 0. The molecule has 0 heterocycles. The predicted octanol–water partition coefficient (Wildman–Crippen LogP) is 3.77. The van der Waals surface area contributed by atoms with Crippen molar-refractivity contribution >= 4 is 0 Å². The van der Waals surface area contributed by atoms with Gasteiger partial charge in [-0.15, -0.1) is 0 Å². The Morgan fingerprint density at radius 3 is 2.50 bits per heavy atom. The Balaban J connectivity index is 2.61. The molecule has 0 saturated heterocycles. The summed E-state index contributed by atoms with van der Waals surface area (Å²) < 4.78 is 5.99. The maximum absolute atomic E-state index is 5.99. The Morgan fingerprint density at radius 2 is 1.89 bits per heavy atom. The van der Waals surface area contributed by atoms with Gasteiger partial charge in [-0.1, -0.05) is 19.9 Å². The summed E-state index contributed by atoms with van der Waals surface area (Å²) in [6, 6.07) is 4.79. The highest BCUT2D eigenvalue weighted by atomic mass is 16.5. The number of ether oxygens (including phenoxy) is 1. The van der Waals surface area contributed by atoms with Gasteiger partial charge < -0.3 is 10.1 Å². The summed E-state index contributed by atoms with van der Waals surface area (Å²) in [4.78, 5) is 0. The van der Waals surface area contributed by atoms with Gasteiger partial charge in [0.1, 0.15) is 12.4 Å². The molecule has 0 aliphatic carbocycles. The van der Waals surface area contributed by atoms with E-state index in [9.17, 15) is 0 Å².